The number of carboxylic acid groups (broad SMARTS) is 1. The third kappa shape index (κ3) is 3.03. The Bertz CT molecular complexity index is 382. The van der Waals surface area contributed by atoms with E-state index >= 15 is 0 Å². The van der Waals surface area contributed by atoms with Crippen molar-refractivity contribution < 1.29 is 32.4 Å². The van der Waals surface area contributed by atoms with Crippen LogP contribution in [0.15, 0.2) is 12.8 Å². The van der Waals surface area contributed by atoms with Crippen molar-refractivity contribution in [1.82, 2.24) is 0 Å². The molecule has 8 heteroatoms. The first kappa shape index (κ1) is 13.6. The molecule has 0 amide bonds. The maximum atomic E-state index is 11.2. The summed E-state index contributed by atoms with van der Waals surface area (Å²) in [7, 11) is -4.88. The van der Waals surface area contributed by atoms with Crippen LogP contribution in [0.5, 0.6) is 0 Å². The summed E-state index contributed by atoms with van der Waals surface area (Å²) in [5.74, 6) is -2.96. The molecule has 0 fully saturated rings. The molecule has 0 aliphatic carbocycles. The Morgan fingerprint density at radius 1 is 1.53 bits per heavy atom. The predicted octanol–water partition coefficient (Wildman–Crippen LogP) is -0.206. The van der Waals surface area contributed by atoms with Gasteiger partial charge in [0.25, 0.3) is 10.1 Å². The molecule has 0 saturated heterocycles. The molecule has 0 aromatic rings. The molecule has 0 radical (unpaired) electrons. The summed E-state index contributed by atoms with van der Waals surface area (Å²) in [4.78, 5) is 21.5. The largest absolute Gasteiger partial charge is 0.481 e. The summed E-state index contributed by atoms with van der Waals surface area (Å²) in [5, 5.41) is 8.42. The lowest BCUT2D eigenvalue weighted by Gasteiger charge is -2.20. The highest BCUT2D eigenvalue weighted by molar-refractivity contribution is 7.88. The summed E-state index contributed by atoms with van der Waals surface area (Å²) >= 11 is 0. The number of carbonyl (C=O) groups excluding carboxylic acids is 1. The summed E-state index contributed by atoms with van der Waals surface area (Å²) in [6.07, 6.45) is -0.452. The van der Waals surface area contributed by atoms with Crippen LogP contribution in [0.1, 0.15) is 13.3 Å². The van der Waals surface area contributed by atoms with Gasteiger partial charge in [-0.05, 0) is 6.92 Å². The predicted molar refractivity (Wildman–Crippen MR) is 48.5 cm³/mol. The Balaban J connectivity index is 5.30. The lowest BCUT2D eigenvalue weighted by Crippen LogP contribution is -2.45. The normalized spacial score (nSPS) is 15.1. The second kappa shape index (κ2) is 4.41. The maximum absolute atomic E-state index is 11.2. The van der Waals surface area contributed by atoms with Gasteiger partial charge in [-0.25, -0.2) is 4.79 Å². The van der Waals surface area contributed by atoms with E-state index in [1.54, 1.807) is 0 Å². The van der Waals surface area contributed by atoms with Gasteiger partial charge < -0.3 is 9.84 Å². The smallest absolute Gasteiger partial charge is 0.335 e. The van der Waals surface area contributed by atoms with Crippen LogP contribution in [0.4, 0.5) is 0 Å². The van der Waals surface area contributed by atoms with Gasteiger partial charge in [0, 0.05) is 0 Å². The third-order valence-corrected chi connectivity index (χ3v) is 3.13. The molecule has 1 unspecified atom stereocenters. The number of hydrogen-bond donors (Lipinski definition) is 2. The fourth-order valence-electron chi connectivity index (χ4n) is 0.758. The van der Waals surface area contributed by atoms with Crippen molar-refractivity contribution in [2.24, 2.45) is 0 Å². The van der Waals surface area contributed by atoms with Gasteiger partial charge in [-0.15, -0.1) is 0 Å². The Morgan fingerprint density at radius 2 is 2.00 bits per heavy atom. The Kier molecular flexibility index (Phi) is 3.99. The topological polar surface area (TPSA) is 118 Å². The molecular weight excluding hydrogens is 228 g/mol. The highest BCUT2D eigenvalue weighted by Crippen LogP contribution is 2.22. The minimum Gasteiger partial charge on any atom is -0.481 e. The van der Waals surface area contributed by atoms with Crippen molar-refractivity contribution in [2.45, 2.75) is 18.1 Å². The van der Waals surface area contributed by atoms with Crippen LogP contribution in [-0.4, -0.2) is 34.8 Å². The number of carboxylic acids is 1. The van der Waals surface area contributed by atoms with Gasteiger partial charge in [0.1, 0.15) is 0 Å². The quantitative estimate of drug-likeness (QED) is 0.386. The molecule has 0 heterocycles. The maximum Gasteiger partial charge on any atom is 0.335 e. The molecule has 0 rings (SSSR count). The van der Waals surface area contributed by atoms with E-state index in [0.29, 0.717) is 6.26 Å². The van der Waals surface area contributed by atoms with Crippen LogP contribution < -0.4 is 0 Å². The molecule has 7 nitrogen and oxygen atoms in total. The second-order valence-electron chi connectivity index (χ2n) is 2.85. The van der Waals surface area contributed by atoms with Crippen LogP contribution in [0.2, 0.25) is 0 Å². The standard InChI is InChI=1S/C7H10O7S/c1-3-14-6(10)7(2,4-5(8)9)15(11,12)13/h3H,1,4H2,2H3,(H,8,9)(H,11,12,13). The van der Waals surface area contributed by atoms with Crippen molar-refractivity contribution in [3.63, 3.8) is 0 Å². The van der Waals surface area contributed by atoms with Crippen molar-refractivity contribution in [1.29, 1.82) is 0 Å². The number of rotatable bonds is 5. The van der Waals surface area contributed by atoms with Gasteiger partial charge in [0.2, 0.25) is 4.75 Å². The first-order valence-corrected chi connectivity index (χ1v) is 5.10. The zero-order valence-electron chi connectivity index (χ0n) is 7.84. The molecule has 0 aromatic heterocycles. The van der Waals surface area contributed by atoms with Crippen LogP contribution in [0, 0.1) is 0 Å². The molecule has 2 N–H and O–H groups in total. The van der Waals surface area contributed by atoms with Crippen LogP contribution in [0.25, 0.3) is 0 Å². The Hall–Kier alpha value is -1.41. The van der Waals surface area contributed by atoms with E-state index in [1.807, 2.05) is 0 Å². The highest BCUT2D eigenvalue weighted by Gasteiger charge is 2.49. The van der Waals surface area contributed by atoms with Crippen LogP contribution in [-0.2, 0) is 24.4 Å². The van der Waals surface area contributed by atoms with Crippen molar-refractivity contribution in [3.8, 4) is 0 Å². The number of aliphatic carboxylic acids is 1. The zero-order valence-corrected chi connectivity index (χ0v) is 8.65. The number of esters is 1. The molecule has 86 valence electrons. The first-order valence-electron chi connectivity index (χ1n) is 3.66. The zero-order chi connectivity index (χ0) is 12.3. The fraction of sp³-hybridized carbons (Fsp3) is 0.429. The SMILES string of the molecule is C=COC(=O)C(C)(CC(=O)O)S(=O)(=O)O. The van der Waals surface area contributed by atoms with E-state index in [9.17, 15) is 18.0 Å². The van der Waals surface area contributed by atoms with Crippen molar-refractivity contribution in [2.75, 3.05) is 0 Å². The summed E-state index contributed by atoms with van der Waals surface area (Å²) in [6, 6.07) is 0. The fourth-order valence-corrected chi connectivity index (χ4v) is 1.32. The van der Waals surface area contributed by atoms with E-state index in [0.717, 1.165) is 6.92 Å². The molecule has 0 bridgehead atoms. The van der Waals surface area contributed by atoms with Crippen molar-refractivity contribution in [3.05, 3.63) is 12.8 Å². The highest BCUT2D eigenvalue weighted by atomic mass is 32.2. The number of carbonyl (C=O) groups is 2. The van der Waals surface area contributed by atoms with E-state index in [1.165, 1.54) is 0 Å². The Labute approximate surface area is 86.1 Å². The lowest BCUT2D eigenvalue weighted by molar-refractivity contribution is -0.146. The molecule has 0 aliphatic rings. The summed E-state index contributed by atoms with van der Waals surface area (Å²) < 4.78 is 32.1. The number of ether oxygens (including phenoxy) is 1. The summed E-state index contributed by atoms with van der Waals surface area (Å²) in [5.41, 5.74) is 0. The van der Waals surface area contributed by atoms with Gasteiger partial charge in [0.05, 0.1) is 12.7 Å². The molecule has 0 aliphatic heterocycles. The van der Waals surface area contributed by atoms with E-state index in [2.05, 4.69) is 11.3 Å². The van der Waals surface area contributed by atoms with Crippen molar-refractivity contribution >= 4 is 22.1 Å². The average Bonchev–Trinajstić information content (AvgIpc) is 2.01. The van der Waals surface area contributed by atoms with E-state index in [-0.39, 0.29) is 0 Å². The molecule has 0 spiro atoms. The minimum atomic E-state index is -4.88. The summed E-state index contributed by atoms with van der Waals surface area (Å²) in [6.45, 7) is 3.76. The average molecular weight is 238 g/mol. The molecule has 0 saturated carbocycles. The van der Waals surface area contributed by atoms with Gasteiger partial charge in [-0.1, -0.05) is 6.58 Å². The van der Waals surface area contributed by atoms with Gasteiger partial charge in [-0.2, -0.15) is 8.42 Å². The Morgan fingerprint density at radius 3 is 2.27 bits per heavy atom. The van der Waals surface area contributed by atoms with Gasteiger partial charge in [-0.3, -0.25) is 9.35 Å². The second-order valence-corrected chi connectivity index (χ2v) is 4.70. The van der Waals surface area contributed by atoms with Crippen LogP contribution in [0.3, 0.4) is 0 Å². The first-order chi connectivity index (χ1) is 6.65. The number of hydrogen-bond acceptors (Lipinski definition) is 5. The monoisotopic (exact) mass is 238 g/mol. The minimum absolute atomic E-state index is 0.646. The molecule has 15 heavy (non-hydrogen) atoms. The van der Waals surface area contributed by atoms with E-state index in [4.69, 9.17) is 9.66 Å². The molecule has 1 atom stereocenters. The van der Waals surface area contributed by atoms with E-state index < -0.39 is 33.2 Å². The van der Waals surface area contributed by atoms with Gasteiger partial charge >= 0.3 is 11.9 Å². The molecule has 0 aromatic carbocycles. The lowest BCUT2D eigenvalue weighted by atomic mass is 10.1. The van der Waals surface area contributed by atoms with Gasteiger partial charge in [0.15, 0.2) is 0 Å². The third-order valence-electron chi connectivity index (χ3n) is 1.68. The molecular formula is C7H10O7S. The van der Waals surface area contributed by atoms with Crippen LogP contribution >= 0.6 is 0 Å².